The van der Waals surface area contributed by atoms with Gasteiger partial charge in [-0.15, -0.1) is 11.8 Å². The molecule has 0 bridgehead atoms. The minimum Gasteiger partial charge on any atom is -0.397 e. The number of nitrogen functional groups attached to an aromatic ring is 1. The summed E-state index contributed by atoms with van der Waals surface area (Å²) in [5, 5.41) is 8.26. The van der Waals surface area contributed by atoms with Gasteiger partial charge in [0.05, 0.1) is 22.0 Å². The first-order valence-corrected chi connectivity index (χ1v) is 8.51. The molecule has 0 atom stereocenters. The van der Waals surface area contributed by atoms with Gasteiger partial charge in [0.1, 0.15) is 0 Å². The Hall–Kier alpha value is -1.70. The first-order valence-electron chi connectivity index (χ1n) is 5.74. The van der Waals surface area contributed by atoms with Gasteiger partial charge in [-0.25, -0.2) is 13.6 Å². The molecule has 2 aromatic carbocycles. The van der Waals surface area contributed by atoms with Crippen molar-refractivity contribution in [2.45, 2.75) is 9.79 Å². The highest BCUT2D eigenvalue weighted by Crippen LogP contribution is 2.31. The lowest BCUT2D eigenvalue weighted by Crippen LogP contribution is -2.12. The van der Waals surface area contributed by atoms with Crippen molar-refractivity contribution in [2.75, 3.05) is 17.3 Å². The van der Waals surface area contributed by atoms with Crippen molar-refractivity contribution in [3.8, 4) is 0 Å². The molecule has 0 aliphatic heterocycles. The summed E-state index contributed by atoms with van der Waals surface area (Å²) in [6.45, 7) is 0. The first-order chi connectivity index (χ1) is 9.41. The van der Waals surface area contributed by atoms with Crippen LogP contribution in [0.25, 0.3) is 0 Å². The average molecular weight is 309 g/mol. The van der Waals surface area contributed by atoms with E-state index >= 15 is 0 Å². The van der Waals surface area contributed by atoms with Gasteiger partial charge < -0.3 is 11.1 Å². The van der Waals surface area contributed by atoms with Gasteiger partial charge in [-0.3, -0.25) is 0 Å². The number of rotatable bonds is 4. The summed E-state index contributed by atoms with van der Waals surface area (Å²) in [7, 11) is -3.75. The van der Waals surface area contributed by atoms with E-state index in [1.165, 1.54) is 18.2 Å². The number of nitrogens with two attached hydrogens (primary N) is 2. The molecule has 0 saturated heterocycles. The molecule has 0 aromatic heterocycles. The maximum Gasteiger partial charge on any atom is 0.238 e. The lowest BCUT2D eigenvalue weighted by molar-refractivity contribution is 0.598. The molecular weight excluding hydrogens is 294 g/mol. The number of hydrogen-bond acceptors (Lipinski definition) is 5. The van der Waals surface area contributed by atoms with Gasteiger partial charge in [0.15, 0.2) is 0 Å². The Morgan fingerprint density at radius 3 is 2.45 bits per heavy atom. The fraction of sp³-hybridized carbons (Fsp3) is 0.0769. The van der Waals surface area contributed by atoms with E-state index in [0.29, 0.717) is 11.4 Å². The summed E-state index contributed by atoms with van der Waals surface area (Å²) in [5.41, 5.74) is 7.69. The highest BCUT2D eigenvalue weighted by Gasteiger charge is 2.11. The number of nitrogens with one attached hydrogen (secondary N) is 1. The van der Waals surface area contributed by atoms with E-state index in [4.69, 9.17) is 10.9 Å². The summed E-state index contributed by atoms with van der Waals surface area (Å²) >= 11 is 1.58. The monoisotopic (exact) mass is 309 g/mol. The van der Waals surface area contributed by atoms with Crippen molar-refractivity contribution in [3.63, 3.8) is 0 Å². The number of thioether (sulfide) groups is 1. The zero-order valence-electron chi connectivity index (χ0n) is 10.8. The first kappa shape index (κ1) is 14.7. The highest BCUT2D eigenvalue weighted by atomic mass is 32.2. The SMILES string of the molecule is CSc1ccccc1Nc1cc(S(N)(=O)=O)ccc1N. The van der Waals surface area contributed by atoms with Crippen molar-refractivity contribution in [1.82, 2.24) is 0 Å². The molecule has 106 valence electrons. The minimum atomic E-state index is -3.75. The topological polar surface area (TPSA) is 98.2 Å². The van der Waals surface area contributed by atoms with Gasteiger partial charge >= 0.3 is 0 Å². The quantitative estimate of drug-likeness (QED) is 0.595. The molecule has 7 heteroatoms. The molecule has 5 nitrogen and oxygen atoms in total. The molecule has 0 heterocycles. The van der Waals surface area contributed by atoms with Gasteiger partial charge in [-0.05, 0) is 36.6 Å². The van der Waals surface area contributed by atoms with E-state index < -0.39 is 10.0 Å². The number of para-hydroxylation sites is 1. The molecular formula is C13H15N3O2S2. The maximum absolute atomic E-state index is 11.4. The zero-order chi connectivity index (χ0) is 14.8. The fourth-order valence-electron chi connectivity index (χ4n) is 1.71. The Morgan fingerprint density at radius 1 is 1.10 bits per heavy atom. The second kappa shape index (κ2) is 5.74. The molecule has 0 spiro atoms. The van der Waals surface area contributed by atoms with Crippen LogP contribution in [0.5, 0.6) is 0 Å². The number of sulfonamides is 1. The van der Waals surface area contributed by atoms with E-state index in [-0.39, 0.29) is 4.90 Å². The zero-order valence-corrected chi connectivity index (χ0v) is 12.5. The van der Waals surface area contributed by atoms with Crippen molar-refractivity contribution in [1.29, 1.82) is 0 Å². The molecule has 0 saturated carbocycles. The van der Waals surface area contributed by atoms with Crippen LogP contribution in [0.3, 0.4) is 0 Å². The van der Waals surface area contributed by atoms with Crippen molar-refractivity contribution in [3.05, 3.63) is 42.5 Å². The highest BCUT2D eigenvalue weighted by molar-refractivity contribution is 7.98. The summed E-state index contributed by atoms with van der Waals surface area (Å²) in [4.78, 5) is 1.06. The average Bonchev–Trinajstić information content (AvgIpc) is 2.40. The lowest BCUT2D eigenvalue weighted by atomic mass is 10.2. The maximum atomic E-state index is 11.4. The van der Waals surface area contributed by atoms with E-state index in [1.807, 2.05) is 30.5 Å². The molecule has 0 fully saturated rings. The molecule has 20 heavy (non-hydrogen) atoms. The summed E-state index contributed by atoms with van der Waals surface area (Å²) in [5.74, 6) is 0. The fourth-order valence-corrected chi connectivity index (χ4v) is 2.81. The van der Waals surface area contributed by atoms with E-state index in [0.717, 1.165) is 10.6 Å². The van der Waals surface area contributed by atoms with Gasteiger partial charge in [0.2, 0.25) is 10.0 Å². The molecule has 0 unspecified atom stereocenters. The van der Waals surface area contributed by atoms with Crippen LogP contribution < -0.4 is 16.2 Å². The molecule has 5 N–H and O–H groups in total. The van der Waals surface area contributed by atoms with Gasteiger partial charge in [0, 0.05) is 4.90 Å². The van der Waals surface area contributed by atoms with Crippen LogP contribution in [0, 0.1) is 0 Å². The van der Waals surface area contributed by atoms with Crippen LogP contribution in [0.15, 0.2) is 52.3 Å². The van der Waals surface area contributed by atoms with Crippen molar-refractivity contribution in [2.24, 2.45) is 5.14 Å². The number of primary sulfonamides is 1. The van der Waals surface area contributed by atoms with E-state index in [9.17, 15) is 8.42 Å². The normalized spacial score (nSPS) is 11.3. The third-order valence-electron chi connectivity index (χ3n) is 2.73. The Labute approximate surface area is 122 Å². The third kappa shape index (κ3) is 3.24. The van der Waals surface area contributed by atoms with Crippen LogP contribution in [-0.4, -0.2) is 14.7 Å². The van der Waals surface area contributed by atoms with E-state index in [1.54, 1.807) is 11.8 Å². The lowest BCUT2D eigenvalue weighted by Gasteiger charge is -2.13. The Kier molecular flexibility index (Phi) is 4.22. The minimum absolute atomic E-state index is 0.0239. The smallest absolute Gasteiger partial charge is 0.238 e. The van der Waals surface area contributed by atoms with Crippen LogP contribution in [0.1, 0.15) is 0 Å². The summed E-state index contributed by atoms with van der Waals surface area (Å²) in [6.07, 6.45) is 1.96. The Bertz CT molecular complexity index is 730. The molecule has 0 amide bonds. The predicted octanol–water partition coefficient (Wildman–Crippen LogP) is 2.38. The van der Waals surface area contributed by atoms with Crippen LogP contribution >= 0.6 is 11.8 Å². The van der Waals surface area contributed by atoms with Crippen LogP contribution in [0.2, 0.25) is 0 Å². The summed E-state index contributed by atoms with van der Waals surface area (Å²) < 4.78 is 22.8. The molecule has 0 aliphatic carbocycles. The molecule has 2 rings (SSSR count). The Balaban J connectivity index is 2.43. The second-order valence-electron chi connectivity index (χ2n) is 4.12. The standard InChI is InChI=1S/C13H15N3O2S2/c1-19-13-5-3-2-4-11(13)16-12-8-9(20(15,17)18)6-7-10(12)14/h2-8,16H,14H2,1H3,(H2,15,17,18). The predicted molar refractivity (Wildman–Crippen MR) is 83.7 cm³/mol. The second-order valence-corrected chi connectivity index (χ2v) is 6.53. The molecule has 0 radical (unpaired) electrons. The van der Waals surface area contributed by atoms with Gasteiger partial charge in [-0.2, -0.15) is 0 Å². The molecule has 0 aliphatic rings. The van der Waals surface area contributed by atoms with Crippen LogP contribution in [0.4, 0.5) is 17.1 Å². The molecule has 2 aromatic rings. The van der Waals surface area contributed by atoms with E-state index in [2.05, 4.69) is 5.32 Å². The van der Waals surface area contributed by atoms with Crippen molar-refractivity contribution >= 4 is 38.8 Å². The number of hydrogen-bond donors (Lipinski definition) is 3. The third-order valence-corrected chi connectivity index (χ3v) is 4.44. The number of anilines is 3. The van der Waals surface area contributed by atoms with Crippen molar-refractivity contribution < 1.29 is 8.42 Å². The number of benzene rings is 2. The summed E-state index contributed by atoms with van der Waals surface area (Å²) in [6, 6.07) is 12.0. The van der Waals surface area contributed by atoms with Gasteiger partial charge in [0.25, 0.3) is 0 Å². The van der Waals surface area contributed by atoms with Crippen LogP contribution in [-0.2, 0) is 10.0 Å². The Morgan fingerprint density at radius 2 is 1.80 bits per heavy atom. The van der Waals surface area contributed by atoms with Gasteiger partial charge in [-0.1, -0.05) is 12.1 Å². The largest absolute Gasteiger partial charge is 0.397 e.